The number of thioether (sulfide) groups is 1. The van der Waals surface area contributed by atoms with Crippen LogP contribution in [0.25, 0.3) is 0 Å². The normalized spacial score (nSPS) is 18.6. The molecular weight excluding hydrogens is 778 g/mol. The molecule has 2 saturated heterocycles. The first kappa shape index (κ1) is 43.5. The zero-order valence-corrected chi connectivity index (χ0v) is 32.0. The summed E-state index contributed by atoms with van der Waals surface area (Å²) < 4.78 is 6.56. The maximum Gasteiger partial charge on any atom is 0.326 e. The highest BCUT2D eigenvalue weighted by Crippen LogP contribution is 2.33. The number of benzene rings is 1. The van der Waals surface area contributed by atoms with Crippen molar-refractivity contribution in [1.82, 2.24) is 26.2 Å². The highest BCUT2D eigenvalue weighted by Gasteiger charge is 2.42. The van der Waals surface area contributed by atoms with Gasteiger partial charge in [-0.15, -0.1) is 0 Å². The van der Waals surface area contributed by atoms with Crippen molar-refractivity contribution in [3.8, 4) is 0 Å². The zero-order valence-electron chi connectivity index (χ0n) is 29.6. The van der Waals surface area contributed by atoms with E-state index in [9.17, 15) is 43.8 Å². The molecule has 1 aromatic rings. The summed E-state index contributed by atoms with van der Waals surface area (Å²) in [4.78, 5) is 85.0. The third-order valence-corrected chi connectivity index (χ3v) is 11.0. The van der Waals surface area contributed by atoms with E-state index < -0.39 is 42.4 Å². The number of carboxylic acid groups (broad SMARTS) is 3. The molecule has 2 fully saturated rings. The van der Waals surface area contributed by atoms with Crippen molar-refractivity contribution < 1.29 is 53.6 Å². The number of amides is 5. The highest BCUT2D eigenvalue weighted by molar-refractivity contribution is 9.10. The first-order valence-corrected chi connectivity index (χ1v) is 19.7. The van der Waals surface area contributed by atoms with Crippen molar-refractivity contribution in [3.63, 3.8) is 0 Å². The number of urea groups is 2. The summed E-state index contributed by atoms with van der Waals surface area (Å²) in [5.41, 5.74) is 0.895. The van der Waals surface area contributed by atoms with Crippen LogP contribution >= 0.6 is 27.7 Å². The van der Waals surface area contributed by atoms with Crippen LogP contribution in [-0.4, -0.2) is 117 Å². The number of ether oxygens (including phenoxy) is 1. The average Bonchev–Trinajstić information content (AvgIpc) is 3.66. The fraction of sp³-hybridized carbons (Fsp3) is 0.629. The fourth-order valence-electron chi connectivity index (χ4n) is 6.12. The summed E-state index contributed by atoms with van der Waals surface area (Å²) in [6.07, 6.45) is 4.19. The van der Waals surface area contributed by atoms with E-state index in [1.807, 2.05) is 36.0 Å². The summed E-state index contributed by atoms with van der Waals surface area (Å²) in [6.45, 7) is 1.16. The molecule has 0 bridgehead atoms. The molecule has 5 atom stereocenters. The van der Waals surface area contributed by atoms with Gasteiger partial charge in [-0.1, -0.05) is 34.5 Å². The largest absolute Gasteiger partial charge is 0.481 e. The molecule has 53 heavy (non-hydrogen) atoms. The smallest absolute Gasteiger partial charge is 0.326 e. The molecule has 1 aromatic carbocycles. The van der Waals surface area contributed by atoms with Crippen molar-refractivity contribution >= 4 is 69.4 Å². The van der Waals surface area contributed by atoms with Crippen LogP contribution in [0.4, 0.5) is 9.59 Å². The Morgan fingerprint density at radius 2 is 1.53 bits per heavy atom. The van der Waals surface area contributed by atoms with E-state index in [4.69, 9.17) is 9.84 Å². The van der Waals surface area contributed by atoms with Gasteiger partial charge in [-0.25, -0.2) is 19.2 Å². The SMILES string of the molecule is O=C(O)CC[C@H](NC(=O)N[C@@H](CCCCN(Cc1ccc(Br)cc1)C(=O)CCOCCCC(=O)CCCC[C@@H]1SC[C@@H]2NC(=O)N[C@@H]21)C(=O)O)C(=O)O. The lowest BCUT2D eigenvalue weighted by Gasteiger charge is -2.24. The molecule has 0 aliphatic carbocycles. The van der Waals surface area contributed by atoms with Gasteiger partial charge in [0.15, 0.2) is 0 Å². The number of fused-ring (bicyclic) bond motifs is 1. The molecular formula is C35H50BrN5O11S. The molecule has 0 unspecified atom stereocenters. The highest BCUT2D eigenvalue weighted by atomic mass is 79.9. The molecule has 0 saturated carbocycles. The summed E-state index contributed by atoms with van der Waals surface area (Å²) in [5.74, 6) is -3.06. The summed E-state index contributed by atoms with van der Waals surface area (Å²) in [6, 6.07) is 3.90. The maximum absolute atomic E-state index is 13.2. The number of hydrogen-bond acceptors (Lipinski definition) is 9. The van der Waals surface area contributed by atoms with E-state index in [2.05, 4.69) is 37.2 Å². The molecule has 0 spiro atoms. The second-order valence-corrected chi connectivity index (χ2v) is 15.3. The van der Waals surface area contributed by atoms with Gasteiger partial charge in [0.2, 0.25) is 5.91 Å². The molecule has 16 nitrogen and oxygen atoms in total. The Labute approximate surface area is 321 Å². The van der Waals surface area contributed by atoms with E-state index >= 15 is 0 Å². The van der Waals surface area contributed by atoms with Crippen LogP contribution < -0.4 is 21.3 Å². The number of ketones is 1. The minimum atomic E-state index is -1.50. The van der Waals surface area contributed by atoms with Crippen molar-refractivity contribution in [2.75, 3.05) is 25.5 Å². The van der Waals surface area contributed by atoms with Crippen LogP contribution in [0.2, 0.25) is 0 Å². The standard InChI is InChI=1S/C35H50BrN5O11S/c36-23-12-10-22(11-13-23)20-41(17-4-3-8-25(32(46)47)37-34(50)38-26(33(48)49)14-15-30(44)45)29(43)16-19-52-18-5-7-24(42)6-1-2-9-28-31-27(21-53-28)39-35(51)40-31/h10-13,25-28,31H,1-9,14-21H2,(H,44,45)(H,46,47)(H,48,49)(H2,37,38,50)(H2,39,40,51)/t25-,26-,27-,28-,31-/m0/s1. The number of Topliss-reactive ketones (excluding diaryl/α,β-unsaturated/α-hetero) is 1. The lowest BCUT2D eigenvalue weighted by atomic mass is 10.0. The summed E-state index contributed by atoms with van der Waals surface area (Å²) in [7, 11) is 0. The Morgan fingerprint density at radius 1 is 0.849 bits per heavy atom. The van der Waals surface area contributed by atoms with Gasteiger partial charge < -0.3 is 46.2 Å². The minimum absolute atomic E-state index is 0.00952. The average molecular weight is 829 g/mol. The molecule has 2 heterocycles. The van der Waals surface area contributed by atoms with Crippen LogP contribution in [-0.2, 0) is 35.3 Å². The monoisotopic (exact) mass is 827 g/mol. The summed E-state index contributed by atoms with van der Waals surface area (Å²) in [5, 5.41) is 38.3. The van der Waals surface area contributed by atoms with E-state index in [0.717, 1.165) is 35.1 Å². The number of aliphatic carboxylic acids is 3. The quantitative estimate of drug-likeness (QED) is 0.0525. The van der Waals surface area contributed by atoms with Crippen molar-refractivity contribution in [2.24, 2.45) is 0 Å². The molecule has 2 aliphatic heterocycles. The van der Waals surface area contributed by atoms with Gasteiger partial charge in [0.1, 0.15) is 17.9 Å². The second-order valence-electron chi connectivity index (χ2n) is 13.1. The third-order valence-electron chi connectivity index (χ3n) is 9.00. The number of nitrogens with one attached hydrogen (secondary N) is 4. The molecule has 294 valence electrons. The first-order chi connectivity index (χ1) is 25.3. The second kappa shape index (κ2) is 23.0. The van der Waals surface area contributed by atoms with Crippen LogP contribution in [0.1, 0.15) is 82.6 Å². The number of hydrogen-bond donors (Lipinski definition) is 7. The van der Waals surface area contributed by atoms with Gasteiger partial charge in [-0.05, 0) is 62.6 Å². The van der Waals surface area contributed by atoms with Crippen molar-refractivity contribution in [2.45, 2.75) is 113 Å². The van der Waals surface area contributed by atoms with E-state index in [1.165, 1.54) is 0 Å². The van der Waals surface area contributed by atoms with E-state index in [0.29, 0.717) is 57.1 Å². The topological polar surface area (TPSA) is 241 Å². The van der Waals surface area contributed by atoms with E-state index in [1.54, 1.807) is 4.90 Å². The lowest BCUT2D eigenvalue weighted by molar-refractivity contribution is -0.141. The molecule has 3 rings (SSSR count). The molecule has 5 amide bonds. The van der Waals surface area contributed by atoms with Crippen LogP contribution in [0.3, 0.4) is 0 Å². The number of unbranched alkanes of at least 4 members (excludes halogenated alkanes) is 2. The number of carbonyl (C=O) groups excluding carboxylic acids is 4. The van der Waals surface area contributed by atoms with Crippen LogP contribution in [0, 0.1) is 0 Å². The molecule has 2 aliphatic rings. The Kier molecular flexibility index (Phi) is 18.9. The number of halogens is 1. The third kappa shape index (κ3) is 16.3. The maximum atomic E-state index is 13.2. The predicted octanol–water partition coefficient (Wildman–Crippen LogP) is 3.50. The molecule has 18 heteroatoms. The first-order valence-electron chi connectivity index (χ1n) is 17.9. The summed E-state index contributed by atoms with van der Waals surface area (Å²) >= 11 is 5.27. The Morgan fingerprint density at radius 3 is 2.21 bits per heavy atom. The van der Waals surface area contributed by atoms with Gasteiger partial charge in [-0.2, -0.15) is 11.8 Å². The Hall–Kier alpha value is -3.90. The van der Waals surface area contributed by atoms with Crippen LogP contribution in [0.5, 0.6) is 0 Å². The lowest BCUT2D eigenvalue weighted by Crippen LogP contribution is -2.51. The van der Waals surface area contributed by atoms with Crippen molar-refractivity contribution in [3.05, 3.63) is 34.3 Å². The van der Waals surface area contributed by atoms with E-state index in [-0.39, 0.29) is 55.7 Å². The fourth-order valence-corrected chi connectivity index (χ4v) is 7.93. The zero-order chi connectivity index (χ0) is 38.8. The van der Waals surface area contributed by atoms with Gasteiger partial charge in [-0.3, -0.25) is 14.4 Å². The molecule has 0 radical (unpaired) electrons. The van der Waals surface area contributed by atoms with Gasteiger partial charge in [0.25, 0.3) is 0 Å². The molecule has 7 N–H and O–H groups in total. The van der Waals surface area contributed by atoms with Crippen molar-refractivity contribution in [1.29, 1.82) is 0 Å². The number of nitrogens with zero attached hydrogens (tertiary/aromatic N) is 1. The Bertz CT molecular complexity index is 1420. The Balaban J connectivity index is 1.35. The number of carboxylic acids is 3. The van der Waals surface area contributed by atoms with Gasteiger partial charge in [0, 0.05) is 54.4 Å². The van der Waals surface area contributed by atoms with Gasteiger partial charge in [0.05, 0.1) is 25.1 Å². The minimum Gasteiger partial charge on any atom is -0.481 e. The van der Waals surface area contributed by atoms with Crippen LogP contribution in [0.15, 0.2) is 28.7 Å². The van der Waals surface area contributed by atoms with Gasteiger partial charge >= 0.3 is 30.0 Å². The number of rotatable bonds is 26. The molecule has 0 aromatic heterocycles. The predicted molar refractivity (Wildman–Crippen MR) is 198 cm³/mol. The number of carbonyl (C=O) groups is 7.